The summed E-state index contributed by atoms with van der Waals surface area (Å²) in [5.41, 5.74) is 3.81. The van der Waals surface area contributed by atoms with E-state index in [0.717, 1.165) is 16.7 Å². The number of benzene rings is 4. The van der Waals surface area contributed by atoms with E-state index in [1.54, 1.807) is 18.2 Å². The van der Waals surface area contributed by atoms with E-state index in [2.05, 4.69) is 18.6 Å². The maximum atomic E-state index is 13.4. The molecule has 4 aromatic carbocycles. The molecule has 1 atom stereocenters. The smallest absolute Gasteiger partial charge is 0.347 e. The molecule has 0 saturated carbocycles. The van der Waals surface area contributed by atoms with Crippen molar-refractivity contribution in [3.63, 3.8) is 0 Å². The summed E-state index contributed by atoms with van der Waals surface area (Å²) in [6.07, 6.45) is 3.84. The number of imide groups is 1. The number of anilines is 1. The molecule has 0 aromatic heterocycles. The number of hydrogen-bond donors (Lipinski definition) is 0. The van der Waals surface area contributed by atoms with Crippen LogP contribution in [0.5, 0.6) is 17.2 Å². The lowest BCUT2D eigenvalue weighted by Crippen LogP contribution is -2.34. The number of rotatable bonds is 7. The summed E-state index contributed by atoms with van der Waals surface area (Å²) in [4.78, 5) is 51.4. The number of fused-ring (bicyclic) bond motifs is 1. The number of carbonyl (C=O) groups is 4. The Morgan fingerprint density at radius 3 is 2.06 bits per heavy atom. The van der Waals surface area contributed by atoms with E-state index < -0.39 is 17.5 Å². The summed E-state index contributed by atoms with van der Waals surface area (Å²) in [6, 6.07) is 27.6. The van der Waals surface area contributed by atoms with Gasteiger partial charge in [-0.2, -0.15) is 0 Å². The van der Waals surface area contributed by atoms with Gasteiger partial charge in [-0.15, -0.1) is 0 Å². The molecule has 0 spiro atoms. The first kappa shape index (κ1) is 29.9. The summed E-state index contributed by atoms with van der Waals surface area (Å²) in [7, 11) is 0. The quantitative estimate of drug-likeness (QED) is 0.120. The third kappa shape index (κ3) is 5.31. The Balaban J connectivity index is 1.02. The third-order valence-electron chi connectivity index (χ3n) is 8.97. The van der Waals surface area contributed by atoms with Crippen LogP contribution in [0.3, 0.4) is 0 Å². The van der Waals surface area contributed by atoms with E-state index in [1.807, 2.05) is 86.7 Å². The molecule has 0 bridgehead atoms. The highest BCUT2D eigenvalue weighted by atomic mass is 16.6. The first-order chi connectivity index (χ1) is 22.4. The lowest BCUT2D eigenvalue weighted by molar-refractivity contribution is -0.120. The van der Waals surface area contributed by atoms with Crippen LogP contribution in [0.1, 0.15) is 64.6 Å². The predicted octanol–water partition coefficient (Wildman–Crippen LogP) is 7.39. The van der Waals surface area contributed by atoms with Crippen LogP contribution < -0.4 is 14.4 Å². The predicted molar refractivity (Wildman–Crippen MR) is 175 cm³/mol. The highest BCUT2D eigenvalue weighted by molar-refractivity contribution is 6.34. The maximum Gasteiger partial charge on any atom is 0.347 e. The van der Waals surface area contributed by atoms with Gasteiger partial charge in [0.05, 0.1) is 16.8 Å². The van der Waals surface area contributed by atoms with Gasteiger partial charge in [-0.3, -0.25) is 9.59 Å². The second kappa shape index (κ2) is 10.9. The van der Waals surface area contributed by atoms with Gasteiger partial charge in [-0.25, -0.2) is 14.5 Å². The SMILES string of the molecule is Cc1cccc(N2C(=O)C3=C(CC(C)(Oc4ccc(C(C)(C)c5ccc(Oc6ccc7c(c6)C(=O)OC7=O)cc5)cc4)C=C3)C2=O)c1. The van der Waals surface area contributed by atoms with Gasteiger partial charge in [-0.1, -0.05) is 50.2 Å². The lowest BCUT2D eigenvalue weighted by Gasteiger charge is -2.31. The molecule has 7 rings (SSSR count). The van der Waals surface area contributed by atoms with Crippen molar-refractivity contribution >= 4 is 29.4 Å². The molecule has 234 valence electrons. The fourth-order valence-electron chi connectivity index (χ4n) is 6.25. The zero-order valence-corrected chi connectivity index (χ0v) is 26.3. The number of carbonyl (C=O) groups excluding carboxylic acids is 4. The van der Waals surface area contributed by atoms with Crippen molar-refractivity contribution in [2.24, 2.45) is 0 Å². The molecular formula is C39H31NO7. The molecule has 1 aliphatic carbocycles. The molecular weight excluding hydrogens is 594 g/mol. The van der Waals surface area contributed by atoms with Crippen molar-refractivity contribution in [1.82, 2.24) is 0 Å². The van der Waals surface area contributed by atoms with Crippen LogP contribution in [0.2, 0.25) is 0 Å². The largest absolute Gasteiger partial charge is 0.483 e. The standard InChI is InChI=1S/C39H31NO7/c1-23-6-5-7-26(20-23)40-34(41)30-18-19-39(4,22-33(30)35(40)42)47-28-14-10-25(11-15-28)38(2,3)24-8-12-27(13-9-24)45-29-16-17-31-32(21-29)37(44)46-36(31)43/h5-21H,22H2,1-4H3. The maximum absolute atomic E-state index is 13.4. The highest BCUT2D eigenvalue weighted by Crippen LogP contribution is 2.40. The van der Waals surface area contributed by atoms with Gasteiger partial charge in [0.15, 0.2) is 0 Å². The Morgan fingerprint density at radius 1 is 0.745 bits per heavy atom. The Hall–Kier alpha value is -5.76. The summed E-state index contributed by atoms with van der Waals surface area (Å²) in [5, 5.41) is 0. The van der Waals surface area contributed by atoms with Gasteiger partial charge in [-0.05, 0) is 97.3 Å². The van der Waals surface area contributed by atoms with E-state index in [-0.39, 0.29) is 34.8 Å². The molecule has 47 heavy (non-hydrogen) atoms. The minimum atomic E-state index is -0.807. The molecule has 2 aliphatic heterocycles. The summed E-state index contributed by atoms with van der Waals surface area (Å²) in [6.45, 7) is 8.10. The topological polar surface area (TPSA) is 99.2 Å². The molecule has 3 aliphatic rings. The molecule has 0 fully saturated rings. The Kier molecular flexibility index (Phi) is 6.97. The van der Waals surface area contributed by atoms with Crippen molar-refractivity contribution < 1.29 is 33.4 Å². The number of amides is 2. The lowest BCUT2D eigenvalue weighted by atomic mass is 9.78. The molecule has 2 amide bonds. The van der Waals surface area contributed by atoms with Crippen molar-refractivity contribution in [2.75, 3.05) is 4.90 Å². The van der Waals surface area contributed by atoms with Crippen LogP contribution in [-0.4, -0.2) is 29.4 Å². The summed E-state index contributed by atoms with van der Waals surface area (Å²) < 4.78 is 17.0. The first-order valence-electron chi connectivity index (χ1n) is 15.3. The number of ether oxygens (including phenoxy) is 3. The first-order valence-corrected chi connectivity index (χ1v) is 15.3. The van der Waals surface area contributed by atoms with Crippen LogP contribution in [0, 0.1) is 6.92 Å². The van der Waals surface area contributed by atoms with Crippen molar-refractivity contribution in [1.29, 1.82) is 0 Å². The number of nitrogens with zero attached hydrogens (tertiary/aromatic N) is 1. The monoisotopic (exact) mass is 625 g/mol. The Morgan fingerprint density at radius 2 is 1.38 bits per heavy atom. The number of hydrogen-bond acceptors (Lipinski definition) is 7. The Labute approximate surface area is 271 Å². The van der Waals surface area contributed by atoms with Crippen LogP contribution in [0.25, 0.3) is 0 Å². The fraction of sp³-hybridized carbons (Fsp3) is 0.179. The fourth-order valence-corrected chi connectivity index (χ4v) is 6.25. The number of esters is 2. The van der Waals surface area contributed by atoms with E-state index in [0.29, 0.717) is 34.1 Å². The third-order valence-corrected chi connectivity index (χ3v) is 8.97. The van der Waals surface area contributed by atoms with Gasteiger partial charge in [0.25, 0.3) is 11.8 Å². The zero-order valence-electron chi connectivity index (χ0n) is 26.3. The van der Waals surface area contributed by atoms with Crippen LogP contribution in [0.4, 0.5) is 5.69 Å². The molecule has 0 N–H and O–H groups in total. The molecule has 2 heterocycles. The number of aryl methyl sites for hydroxylation is 1. The zero-order chi connectivity index (χ0) is 33.1. The van der Waals surface area contributed by atoms with Gasteiger partial charge < -0.3 is 14.2 Å². The number of cyclic esters (lactones) is 2. The van der Waals surface area contributed by atoms with E-state index in [9.17, 15) is 19.2 Å². The highest BCUT2D eigenvalue weighted by Gasteiger charge is 2.44. The summed E-state index contributed by atoms with van der Waals surface area (Å²) >= 11 is 0. The molecule has 4 aromatic rings. The van der Waals surface area contributed by atoms with Crippen molar-refractivity contribution in [2.45, 2.75) is 45.1 Å². The van der Waals surface area contributed by atoms with Gasteiger partial charge in [0, 0.05) is 23.0 Å². The average molecular weight is 626 g/mol. The molecule has 1 unspecified atom stereocenters. The van der Waals surface area contributed by atoms with Gasteiger partial charge >= 0.3 is 11.9 Å². The van der Waals surface area contributed by atoms with E-state index >= 15 is 0 Å². The van der Waals surface area contributed by atoms with Crippen molar-refractivity contribution in [3.05, 3.63) is 142 Å². The molecule has 8 heteroatoms. The van der Waals surface area contributed by atoms with E-state index in [4.69, 9.17) is 9.47 Å². The molecule has 0 radical (unpaired) electrons. The second-order valence-corrected chi connectivity index (χ2v) is 12.8. The second-order valence-electron chi connectivity index (χ2n) is 12.8. The minimum absolute atomic E-state index is 0.194. The van der Waals surface area contributed by atoms with Gasteiger partial charge in [0.2, 0.25) is 0 Å². The summed E-state index contributed by atoms with van der Waals surface area (Å²) in [5.74, 6) is -0.281. The van der Waals surface area contributed by atoms with Crippen LogP contribution >= 0.6 is 0 Å². The van der Waals surface area contributed by atoms with Gasteiger partial charge in [0.1, 0.15) is 22.8 Å². The van der Waals surface area contributed by atoms with Crippen LogP contribution in [-0.2, 0) is 19.7 Å². The van der Waals surface area contributed by atoms with Crippen molar-refractivity contribution in [3.8, 4) is 17.2 Å². The normalized spacial score (nSPS) is 18.8. The molecule has 0 saturated heterocycles. The minimum Gasteiger partial charge on any atom is -0.483 e. The van der Waals surface area contributed by atoms with Crippen LogP contribution in [0.15, 0.2) is 114 Å². The molecule has 8 nitrogen and oxygen atoms in total. The average Bonchev–Trinajstić information content (AvgIpc) is 3.46. The van der Waals surface area contributed by atoms with E-state index in [1.165, 1.54) is 17.0 Å². The Bertz CT molecular complexity index is 2050.